The van der Waals surface area contributed by atoms with Crippen molar-refractivity contribution in [2.24, 2.45) is 5.41 Å². The van der Waals surface area contributed by atoms with Crippen molar-refractivity contribution in [3.63, 3.8) is 0 Å². The second-order valence-electron chi connectivity index (χ2n) is 3.17. The predicted octanol–water partition coefficient (Wildman–Crippen LogP) is 0.240. The Morgan fingerprint density at radius 1 is 1.77 bits per heavy atom. The van der Waals surface area contributed by atoms with Gasteiger partial charge < -0.3 is 14.8 Å². The van der Waals surface area contributed by atoms with Crippen molar-refractivity contribution in [3.8, 4) is 0 Å². The Morgan fingerprint density at radius 3 is 3.00 bits per heavy atom. The molecule has 1 N–H and O–H groups in total. The normalized spacial score (nSPS) is 31.1. The number of rotatable bonds is 3. The second kappa shape index (κ2) is 3.60. The van der Waals surface area contributed by atoms with Crippen LogP contribution < -0.4 is 5.32 Å². The molecule has 1 aliphatic rings. The van der Waals surface area contributed by atoms with Crippen LogP contribution in [0.25, 0.3) is 0 Å². The van der Waals surface area contributed by atoms with Gasteiger partial charge in [0.15, 0.2) is 0 Å². The summed E-state index contributed by atoms with van der Waals surface area (Å²) in [4.78, 5) is 22.1. The van der Waals surface area contributed by atoms with E-state index in [4.69, 9.17) is 4.74 Å². The zero-order chi connectivity index (χ0) is 9.90. The van der Waals surface area contributed by atoms with Crippen LogP contribution in [0.5, 0.6) is 0 Å². The zero-order valence-electron chi connectivity index (χ0n) is 7.74. The second-order valence-corrected chi connectivity index (χ2v) is 3.17. The summed E-state index contributed by atoms with van der Waals surface area (Å²) in [6, 6.07) is -0.579. The van der Waals surface area contributed by atoms with Crippen molar-refractivity contribution in [2.75, 3.05) is 6.61 Å². The molecule has 2 unspecified atom stereocenters. The monoisotopic (exact) mass is 183 g/mol. The summed E-state index contributed by atoms with van der Waals surface area (Å²) in [5.41, 5.74) is -0.772. The molecule has 13 heavy (non-hydrogen) atoms. The summed E-state index contributed by atoms with van der Waals surface area (Å²) < 4.78 is 4.82. The molecule has 1 rings (SSSR count). The third-order valence-electron chi connectivity index (χ3n) is 2.10. The number of carbonyl (C=O) groups excluding carboxylic acids is 2. The minimum atomic E-state index is -0.772. The number of nitrogens with one attached hydrogen (secondary N) is 1. The zero-order valence-corrected chi connectivity index (χ0v) is 7.74. The molecule has 2 atom stereocenters. The van der Waals surface area contributed by atoms with Crippen molar-refractivity contribution in [3.05, 3.63) is 12.3 Å². The van der Waals surface area contributed by atoms with E-state index in [1.165, 1.54) is 0 Å². The maximum Gasteiger partial charge on any atom is 0.329 e. The van der Waals surface area contributed by atoms with Gasteiger partial charge in [-0.05, 0) is 20.0 Å². The Hall–Kier alpha value is -1.32. The van der Waals surface area contributed by atoms with Crippen LogP contribution in [0, 0.1) is 5.41 Å². The highest BCUT2D eigenvalue weighted by atomic mass is 16.5. The highest BCUT2D eigenvalue weighted by Crippen LogP contribution is 2.25. The highest BCUT2D eigenvalue weighted by Gasteiger charge is 2.40. The molecule has 4 heteroatoms. The van der Waals surface area contributed by atoms with E-state index in [2.05, 4.69) is 5.32 Å². The van der Waals surface area contributed by atoms with Gasteiger partial charge in [0.25, 0.3) is 0 Å². The molecule has 1 aliphatic heterocycles. The molecule has 0 bridgehead atoms. The van der Waals surface area contributed by atoms with E-state index in [0.29, 0.717) is 6.61 Å². The topological polar surface area (TPSA) is 55.4 Å². The summed E-state index contributed by atoms with van der Waals surface area (Å²) in [7, 11) is 0. The first-order valence-electron chi connectivity index (χ1n) is 4.21. The number of hydrogen-bond acceptors (Lipinski definition) is 4. The lowest BCUT2D eigenvalue weighted by atomic mass is 9.86. The van der Waals surface area contributed by atoms with Crippen LogP contribution in [0.1, 0.15) is 13.8 Å². The fourth-order valence-electron chi connectivity index (χ4n) is 1.25. The third kappa shape index (κ3) is 1.71. The van der Waals surface area contributed by atoms with Crippen molar-refractivity contribution in [2.45, 2.75) is 19.9 Å². The van der Waals surface area contributed by atoms with Crippen LogP contribution in [0.2, 0.25) is 0 Å². The average Bonchev–Trinajstić information content (AvgIpc) is 2.49. The number of ether oxygens (including phenoxy) is 1. The molecule has 0 spiro atoms. The van der Waals surface area contributed by atoms with Crippen molar-refractivity contribution in [1.82, 2.24) is 5.32 Å². The standard InChI is InChI=1S/C9H13NO3/c1-3-13-8(12)7-9(2,6-11)4-5-10-7/h4-7,10H,3H2,1-2H3. The molecule has 0 radical (unpaired) electrons. The van der Waals surface area contributed by atoms with Crippen LogP contribution in [-0.4, -0.2) is 24.9 Å². The van der Waals surface area contributed by atoms with Gasteiger partial charge in [-0.1, -0.05) is 6.08 Å². The SMILES string of the molecule is CCOC(=O)C1NC=CC1(C)C=O. The molecule has 4 nitrogen and oxygen atoms in total. The molecule has 0 amide bonds. The fraction of sp³-hybridized carbons (Fsp3) is 0.556. The number of esters is 1. The Morgan fingerprint density at radius 2 is 2.46 bits per heavy atom. The van der Waals surface area contributed by atoms with E-state index < -0.39 is 11.5 Å². The average molecular weight is 183 g/mol. The van der Waals surface area contributed by atoms with Crippen LogP contribution >= 0.6 is 0 Å². The molecular weight excluding hydrogens is 170 g/mol. The van der Waals surface area contributed by atoms with E-state index in [1.807, 2.05) is 0 Å². The summed E-state index contributed by atoms with van der Waals surface area (Å²) in [6.07, 6.45) is 4.03. The molecular formula is C9H13NO3. The Balaban J connectivity index is 2.71. The summed E-state index contributed by atoms with van der Waals surface area (Å²) in [6.45, 7) is 3.75. The lowest BCUT2D eigenvalue weighted by Crippen LogP contribution is -2.44. The number of aldehydes is 1. The van der Waals surface area contributed by atoms with E-state index in [-0.39, 0.29) is 5.97 Å². The molecule has 0 saturated carbocycles. The molecule has 0 aromatic carbocycles. The highest BCUT2D eigenvalue weighted by molar-refractivity contribution is 5.84. The summed E-state index contributed by atoms with van der Waals surface area (Å²) in [5.74, 6) is -0.387. The summed E-state index contributed by atoms with van der Waals surface area (Å²) >= 11 is 0. The van der Waals surface area contributed by atoms with Gasteiger partial charge in [0.1, 0.15) is 12.3 Å². The first-order chi connectivity index (χ1) is 6.14. The van der Waals surface area contributed by atoms with Crippen molar-refractivity contribution < 1.29 is 14.3 Å². The molecule has 1 heterocycles. The largest absolute Gasteiger partial charge is 0.464 e. The minimum absolute atomic E-state index is 0.325. The minimum Gasteiger partial charge on any atom is -0.464 e. The van der Waals surface area contributed by atoms with Gasteiger partial charge in [0, 0.05) is 0 Å². The Labute approximate surface area is 76.9 Å². The predicted molar refractivity (Wildman–Crippen MR) is 46.9 cm³/mol. The van der Waals surface area contributed by atoms with Gasteiger partial charge in [0.2, 0.25) is 0 Å². The number of carbonyl (C=O) groups is 2. The van der Waals surface area contributed by atoms with E-state index >= 15 is 0 Å². The first kappa shape index (κ1) is 9.77. The van der Waals surface area contributed by atoms with E-state index in [1.54, 1.807) is 26.1 Å². The smallest absolute Gasteiger partial charge is 0.329 e. The first-order valence-corrected chi connectivity index (χ1v) is 4.21. The molecule has 0 aliphatic carbocycles. The van der Waals surface area contributed by atoms with Crippen LogP contribution in [-0.2, 0) is 14.3 Å². The lowest BCUT2D eigenvalue weighted by Gasteiger charge is -2.22. The lowest BCUT2D eigenvalue weighted by molar-refractivity contribution is -0.148. The Bertz CT molecular complexity index is 249. The molecule has 0 saturated heterocycles. The van der Waals surface area contributed by atoms with Crippen LogP contribution in [0.15, 0.2) is 12.3 Å². The van der Waals surface area contributed by atoms with Gasteiger partial charge in [-0.15, -0.1) is 0 Å². The van der Waals surface area contributed by atoms with Crippen molar-refractivity contribution in [1.29, 1.82) is 0 Å². The van der Waals surface area contributed by atoms with Gasteiger partial charge in [-0.3, -0.25) is 0 Å². The maximum atomic E-state index is 11.3. The van der Waals surface area contributed by atoms with Gasteiger partial charge in [0.05, 0.1) is 12.0 Å². The van der Waals surface area contributed by atoms with Crippen molar-refractivity contribution >= 4 is 12.3 Å². The van der Waals surface area contributed by atoms with E-state index in [0.717, 1.165) is 6.29 Å². The molecule has 0 aromatic rings. The number of hydrogen-bond donors (Lipinski definition) is 1. The quantitative estimate of drug-likeness (QED) is 0.503. The van der Waals surface area contributed by atoms with Crippen LogP contribution in [0.3, 0.4) is 0 Å². The molecule has 72 valence electrons. The fourth-order valence-corrected chi connectivity index (χ4v) is 1.25. The molecule has 0 fully saturated rings. The Kier molecular flexibility index (Phi) is 2.70. The van der Waals surface area contributed by atoms with Crippen LogP contribution in [0.4, 0.5) is 0 Å². The maximum absolute atomic E-state index is 11.3. The van der Waals surface area contributed by atoms with Gasteiger partial charge in [-0.25, -0.2) is 4.79 Å². The third-order valence-corrected chi connectivity index (χ3v) is 2.10. The molecule has 0 aromatic heterocycles. The van der Waals surface area contributed by atoms with Gasteiger partial charge >= 0.3 is 5.97 Å². The van der Waals surface area contributed by atoms with Gasteiger partial charge in [-0.2, -0.15) is 0 Å². The summed E-state index contributed by atoms with van der Waals surface area (Å²) in [5, 5.41) is 2.80. The van der Waals surface area contributed by atoms with E-state index in [9.17, 15) is 9.59 Å².